The van der Waals surface area contributed by atoms with Crippen molar-refractivity contribution >= 4 is 23.5 Å². The van der Waals surface area contributed by atoms with Gasteiger partial charge in [-0.25, -0.2) is 0 Å². The van der Waals surface area contributed by atoms with E-state index >= 15 is 0 Å². The quantitative estimate of drug-likeness (QED) is 0.689. The molecule has 0 atom stereocenters. The molecule has 0 fully saturated rings. The largest absolute Gasteiger partial charge is 0.261 e. The maximum Gasteiger partial charge on any atom is 0.0663 e. The van der Waals surface area contributed by atoms with Crippen molar-refractivity contribution in [2.24, 2.45) is 4.99 Å². The Bertz CT molecular complexity index is 573. The van der Waals surface area contributed by atoms with Crippen LogP contribution in [0.25, 0.3) is 0 Å². The van der Waals surface area contributed by atoms with Gasteiger partial charge in [0, 0.05) is 17.7 Å². The Morgan fingerprint density at radius 2 is 1.89 bits per heavy atom. The molecule has 2 heteroatoms. The van der Waals surface area contributed by atoms with Crippen LogP contribution in [0.4, 0.5) is 5.69 Å². The first-order valence-electron chi connectivity index (χ1n) is 6.02. The van der Waals surface area contributed by atoms with E-state index in [4.69, 9.17) is 11.6 Å². The summed E-state index contributed by atoms with van der Waals surface area (Å²) in [5.74, 6) is 0. The van der Waals surface area contributed by atoms with Gasteiger partial charge in [0.2, 0.25) is 0 Å². The molecule has 0 heterocycles. The van der Waals surface area contributed by atoms with Crippen LogP contribution in [0.15, 0.2) is 47.5 Å². The number of benzene rings is 2. The Balaban J connectivity index is 2.37. The molecule has 0 N–H and O–H groups in total. The molecule has 0 aliphatic rings. The molecule has 0 aromatic heterocycles. The summed E-state index contributed by atoms with van der Waals surface area (Å²) in [5, 5.41) is 0.810. The van der Waals surface area contributed by atoms with Crippen LogP contribution in [0.3, 0.4) is 0 Å². The van der Waals surface area contributed by atoms with Gasteiger partial charge in [-0.2, -0.15) is 0 Å². The first-order valence-corrected chi connectivity index (χ1v) is 6.40. The topological polar surface area (TPSA) is 12.4 Å². The molecular weight excluding hydrogens is 242 g/mol. The van der Waals surface area contributed by atoms with Crippen molar-refractivity contribution in [2.45, 2.75) is 20.3 Å². The predicted octanol–water partition coefficient (Wildman–Crippen LogP) is 4.96. The highest BCUT2D eigenvalue weighted by molar-refractivity contribution is 6.31. The molecule has 92 valence electrons. The van der Waals surface area contributed by atoms with Crippen molar-refractivity contribution in [1.82, 2.24) is 0 Å². The van der Waals surface area contributed by atoms with Crippen molar-refractivity contribution in [1.29, 1.82) is 0 Å². The number of nitrogens with zero attached hydrogens (tertiary/aromatic N) is 1. The fourth-order valence-electron chi connectivity index (χ4n) is 1.93. The van der Waals surface area contributed by atoms with Gasteiger partial charge in [-0.3, -0.25) is 4.99 Å². The van der Waals surface area contributed by atoms with Gasteiger partial charge in [0.1, 0.15) is 0 Å². The number of hydrogen-bond acceptors (Lipinski definition) is 1. The van der Waals surface area contributed by atoms with Crippen LogP contribution in [-0.4, -0.2) is 6.21 Å². The number of rotatable bonds is 3. The Hall–Kier alpha value is -1.60. The minimum absolute atomic E-state index is 0.810. The van der Waals surface area contributed by atoms with Crippen LogP contribution in [0.2, 0.25) is 5.02 Å². The Kier molecular flexibility index (Phi) is 4.16. The average molecular weight is 258 g/mol. The predicted molar refractivity (Wildman–Crippen MR) is 79.3 cm³/mol. The summed E-state index contributed by atoms with van der Waals surface area (Å²) < 4.78 is 0. The van der Waals surface area contributed by atoms with Gasteiger partial charge in [0.05, 0.1) is 5.69 Å². The van der Waals surface area contributed by atoms with Crippen molar-refractivity contribution in [3.63, 3.8) is 0 Å². The maximum absolute atomic E-state index is 6.20. The third-order valence-corrected chi connectivity index (χ3v) is 3.22. The number of hydrogen-bond donors (Lipinski definition) is 0. The summed E-state index contributed by atoms with van der Waals surface area (Å²) in [6.45, 7) is 4.01. The molecule has 18 heavy (non-hydrogen) atoms. The lowest BCUT2D eigenvalue weighted by atomic mass is 10.0. The molecule has 2 rings (SSSR count). The van der Waals surface area contributed by atoms with Crippen LogP contribution in [0.1, 0.15) is 23.6 Å². The minimum Gasteiger partial charge on any atom is -0.261 e. The van der Waals surface area contributed by atoms with E-state index in [1.165, 1.54) is 11.1 Å². The highest BCUT2D eigenvalue weighted by Crippen LogP contribution is 2.26. The molecule has 0 amide bonds. The van der Waals surface area contributed by atoms with Gasteiger partial charge >= 0.3 is 0 Å². The van der Waals surface area contributed by atoms with Crippen LogP contribution in [-0.2, 0) is 6.42 Å². The van der Waals surface area contributed by atoms with Crippen molar-refractivity contribution < 1.29 is 0 Å². The van der Waals surface area contributed by atoms with Gasteiger partial charge in [0.25, 0.3) is 0 Å². The second kappa shape index (κ2) is 5.83. The third kappa shape index (κ3) is 2.99. The zero-order valence-corrected chi connectivity index (χ0v) is 11.4. The smallest absolute Gasteiger partial charge is 0.0663 e. The molecule has 0 bridgehead atoms. The SMILES string of the molecule is CC=Nc1cc(C)ccc1Cc1ccccc1Cl. The molecule has 0 aliphatic heterocycles. The van der Waals surface area contributed by atoms with E-state index in [9.17, 15) is 0 Å². The molecular formula is C16H16ClN. The summed E-state index contributed by atoms with van der Waals surface area (Å²) >= 11 is 6.20. The second-order valence-electron chi connectivity index (χ2n) is 4.29. The van der Waals surface area contributed by atoms with Gasteiger partial charge in [-0.1, -0.05) is 41.9 Å². The highest BCUT2D eigenvalue weighted by atomic mass is 35.5. The summed E-state index contributed by atoms with van der Waals surface area (Å²) in [6.07, 6.45) is 2.64. The third-order valence-electron chi connectivity index (χ3n) is 2.85. The summed E-state index contributed by atoms with van der Waals surface area (Å²) in [7, 11) is 0. The fraction of sp³-hybridized carbons (Fsp3) is 0.188. The summed E-state index contributed by atoms with van der Waals surface area (Å²) in [5.41, 5.74) is 4.58. The number of halogens is 1. The Labute approximate surface area is 113 Å². The molecule has 0 aliphatic carbocycles. The Morgan fingerprint density at radius 3 is 2.61 bits per heavy atom. The monoisotopic (exact) mass is 257 g/mol. The Morgan fingerprint density at radius 1 is 1.11 bits per heavy atom. The van der Waals surface area contributed by atoms with E-state index in [2.05, 4.69) is 36.2 Å². The lowest BCUT2D eigenvalue weighted by Crippen LogP contribution is -1.90. The number of aliphatic imine (C=N–C) groups is 1. The van der Waals surface area contributed by atoms with Gasteiger partial charge in [0.15, 0.2) is 0 Å². The van der Waals surface area contributed by atoms with Crippen molar-refractivity contribution in [2.75, 3.05) is 0 Å². The van der Waals surface area contributed by atoms with E-state index in [0.29, 0.717) is 0 Å². The summed E-state index contributed by atoms with van der Waals surface area (Å²) in [6, 6.07) is 14.3. The second-order valence-corrected chi connectivity index (χ2v) is 4.69. The van der Waals surface area contributed by atoms with Crippen LogP contribution < -0.4 is 0 Å². The standard InChI is InChI=1S/C16H16ClN/c1-3-18-16-10-12(2)8-9-14(16)11-13-6-4-5-7-15(13)17/h3-10H,11H2,1-2H3. The molecule has 0 unspecified atom stereocenters. The van der Waals surface area contributed by atoms with Gasteiger partial charge in [-0.15, -0.1) is 0 Å². The molecule has 0 spiro atoms. The fourth-order valence-corrected chi connectivity index (χ4v) is 2.13. The molecule has 1 nitrogen and oxygen atoms in total. The molecule has 0 radical (unpaired) electrons. The van der Waals surface area contributed by atoms with E-state index in [-0.39, 0.29) is 0 Å². The van der Waals surface area contributed by atoms with Crippen LogP contribution in [0, 0.1) is 6.92 Å². The van der Waals surface area contributed by atoms with E-state index in [1.807, 2.05) is 31.3 Å². The molecule has 2 aromatic carbocycles. The maximum atomic E-state index is 6.20. The average Bonchev–Trinajstić information content (AvgIpc) is 2.35. The molecule has 0 saturated heterocycles. The van der Waals surface area contributed by atoms with E-state index in [0.717, 1.165) is 22.7 Å². The van der Waals surface area contributed by atoms with Crippen molar-refractivity contribution in [3.8, 4) is 0 Å². The normalized spacial score (nSPS) is 11.1. The zero-order valence-electron chi connectivity index (χ0n) is 10.7. The van der Waals surface area contributed by atoms with E-state index < -0.39 is 0 Å². The van der Waals surface area contributed by atoms with Gasteiger partial charge < -0.3 is 0 Å². The van der Waals surface area contributed by atoms with Gasteiger partial charge in [-0.05, 0) is 42.7 Å². The van der Waals surface area contributed by atoms with Crippen molar-refractivity contribution in [3.05, 3.63) is 64.2 Å². The van der Waals surface area contributed by atoms with E-state index in [1.54, 1.807) is 0 Å². The highest BCUT2D eigenvalue weighted by Gasteiger charge is 2.05. The lowest BCUT2D eigenvalue weighted by Gasteiger charge is -2.08. The minimum atomic E-state index is 0.810. The molecule has 0 saturated carbocycles. The van der Waals surface area contributed by atoms with Crippen LogP contribution in [0.5, 0.6) is 0 Å². The first-order chi connectivity index (χ1) is 8.70. The van der Waals surface area contributed by atoms with Crippen LogP contribution >= 0.6 is 11.6 Å². The molecule has 2 aromatic rings. The summed E-state index contributed by atoms with van der Waals surface area (Å²) in [4.78, 5) is 4.43. The lowest BCUT2D eigenvalue weighted by molar-refractivity contribution is 1.18. The first kappa shape index (κ1) is 12.8. The number of aryl methyl sites for hydroxylation is 1. The zero-order chi connectivity index (χ0) is 13.0.